The zero-order chi connectivity index (χ0) is 15.2. The Labute approximate surface area is 130 Å². The second-order valence-corrected chi connectivity index (χ2v) is 5.91. The van der Waals surface area contributed by atoms with Crippen LogP contribution in [0.15, 0.2) is 23.6 Å². The quantitative estimate of drug-likeness (QED) is 0.854. The van der Waals surface area contributed by atoms with E-state index in [0.29, 0.717) is 6.04 Å². The van der Waals surface area contributed by atoms with Crippen molar-refractivity contribution >= 4 is 11.3 Å². The van der Waals surface area contributed by atoms with E-state index in [2.05, 4.69) is 21.7 Å². The molecule has 1 N–H and O–H groups in total. The van der Waals surface area contributed by atoms with Crippen LogP contribution in [0.4, 0.5) is 0 Å². The number of benzene rings is 1. The molecule has 1 aromatic carbocycles. The Morgan fingerprint density at radius 1 is 1.19 bits per heavy atom. The summed E-state index contributed by atoms with van der Waals surface area (Å²) in [5.41, 5.74) is 2.32. The van der Waals surface area contributed by atoms with E-state index >= 15 is 0 Å². The topological polar surface area (TPSA) is 43.4 Å². The van der Waals surface area contributed by atoms with Crippen LogP contribution >= 0.6 is 11.3 Å². The van der Waals surface area contributed by atoms with Crippen molar-refractivity contribution in [3.8, 4) is 11.5 Å². The number of ether oxygens (including phenoxy) is 2. The minimum atomic E-state index is 0.355. The lowest BCUT2D eigenvalue weighted by molar-refractivity contribution is 0.354. The van der Waals surface area contributed by atoms with E-state index < -0.39 is 0 Å². The van der Waals surface area contributed by atoms with Gasteiger partial charge < -0.3 is 14.8 Å². The molecule has 2 rings (SSSR count). The monoisotopic (exact) mass is 306 g/mol. The van der Waals surface area contributed by atoms with E-state index in [1.165, 1.54) is 10.6 Å². The van der Waals surface area contributed by atoms with Crippen molar-refractivity contribution in [3.63, 3.8) is 0 Å². The second kappa shape index (κ2) is 7.43. The molecule has 1 aromatic heterocycles. The molecule has 2 aromatic rings. The van der Waals surface area contributed by atoms with Crippen molar-refractivity contribution in [3.05, 3.63) is 39.8 Å². The van der Waals surface area contributed by atoms with E-state index in [1.807, 2.05) is 26.1 Å². The predicted octanol–water partition coefficient (Wildman–Crippen LogP) is 2.84. The second-order valence-electron chi connectivity index (χ2n) is 4.97. The number of methoxy groups -OCH3 is 2. The lowest BCUT2D eigenvalue weighted by Crippen LogP contribution is -2.29. The van der Waals surface area contributed by atoms with E-state index in [9.17, 15) is 0 Å². The standard InChI is InChI=1S/C16H22N2O2S/c1-11-10-21-16(18-11)9-13(17-2)7-12-5-6-14(19-3)15(8-12)20-4/h5-6,8,10,13,17H,7,9H2,1-4H3. The van der Waals surface area contributed by atoms with Gasteiger partial charge in [0.05, 0.1) is 19.2 Å². The van der Waals surface area contributed by atoms with Gasteiger partial charge in [0.25, 0.3) is 0 Å². The molecule has 0 bridgehead atoms. The Morgan fingerprint density at radius 2 is 1.95 bits per heavy atom. The Kier molecular flexibility index (Phi) is 5.59. The first-order valence-corrected chi connectivity index (χ1v) is 7.83. The fourth-order valence-electron chi connectivity index (χ4n) is 2.28. The van der Waals surface area contributed by atoms with Crippen LogP contribution in [0.25, 0.3) is 0 Å². The molecular weight excluding hydrogens is 284 g/mol. The largest absolute Gasteiger partial charge is 0.493 e. The van der Waals surface area contributed by atoms with Gasteiger partial charge in [-0.3, -0.25) is 0 Å². The van der Waals surface area contributed by atoms with Gasteiger partial charge in [0.1, 0.15) is 0 Å². The molecule has 0 spiro atoms. The van der Waals surface area contributed by atoms with Crippen molar-refractivity contribution in [2.45, 2.75) is 25.8 Å². The summed E-state index contributed by atoms with van der Waals surface area (Å²) in [4.78, 5) is 4.53. The SMILES string of the molecule is CNC(Cc1ccc(OC)c(OC)c1)Cc1nc(C)cs1. The average molecular weight is 306 g/mol. The molecule has 1 atom stereocenters. The molecule has 0 saturated carbocycles. The lowest BCUT2D eigenvalue weighted by atomic mass is 10.0. The summed E-state index contributed by atoms with van der Waals surface area (Å²) in [6.07, 6.45) is 1.86. The molecule has 0 radical (unpaired) electrons. The van der Waals surface area contributed by atoms with Crippen molar-refractivity contribution in [1.82, 2.24) is 10.3 Å². The van der Waals surface area contributed by atoms with Crippen LogP contribution in [0, 0.1) is 6.92 Å². The molecular formula is C16H22N2O2S. The third-order valence-corrected chi connectivity index (χ3v) is 4.41. The highest BCUT2D eigenvalue weighted by Gasteiger charge is 2.12. The predicted molar refractivity (Wildman–Crippen MR) is 86.7 cm³/mol. The summed E-state index contributed by atoms with van der Waals surface area (Å²) in [7, 11) is 5.31. The number of aromatic nitrogens is 1. The van der Waals surface area contributed by atoms with E-state index in [-0.39, 0.29) is 0 Å². The highest BCUT2D eigenvalue weighted by Crippen LogP contribution is 2.28. The summed E-state index contributed by atoms with van der Waals surface area (Å²) in [6.45, 7) is 2.03. The molecule has 0 aliphatic carbocycles. The number of hydrogen-bond donors (Lipinski definition) is 1. The molecule has 1 unspecified atom stereocenters. The van der Waals surface area contributed by atoms with Crippen LogP contribution in [0.5, 0.6) is 11.5 Å². The molecule has 21 heavy (non-hydrogen) atoms. The van der Waals surface area contributed by atoms with Gasteiger partial charge in [-0.05, 0) is 38.1 Å². The van der Waals surface area contributed by atoms with Gasteiger partial charge in [-0.15, -0.1) is 11.3 Å². The molecule has 0 amide bonds. The molecule has 0 fully saturated rings. The smallest absolute Gasteiger partial charge is 0.160 e. The van der Waals surface area contributed by atoms with E-state index in [0.717, 1.165) is 30.0 Å². The minimum Gasteiger partial charge on any atom is -0.493 e. The summed E-state index contributed by atoms with van der Waals surface area (Å²) in [5, 5.41) is 6.64. The normalized spacial score (nSPS) is 12.2. The molecule has 1 heterocycles. The Morgan fingerprint density at radius 3 is 2.52 bits per heavy atom. The van der Waals surface area contributed by atoms with Gasteiger partial charge in [0.2, 0.25) is 0 Å². The van der Waals surface area contributed by atoms with Gasteiger partial charge in [0.15, 0.2) is 11.5 Å². The van der Waals surface area contributed by atoms with Crippen LogP contribution in [-0.4, -0.2) is 32.3 Å². The summed E-state index contributed by atoms with van der Waals surface area (Å²) in [5.74, 6) is 1.53. The highest BCUT2D eigenvalue weighted by atomic mass is 32.1. The zero-order valence-corrected chi connectivity index (χ0v) is 13.8. The number of aryl methyl sites for hydroxylation is 1. The first-order valence-electron chi connectivity index (χ1n) is 6.95. The zero-order valence-electron chi connectivity index (χ0n) is 13.0. The van der Waals surface area contributed by atoms with Crippen molar-refractivity contribution in [1.29, 1.82) is 0 Å². The summed E-state index contributed by atoms with van der Waals surface area (Å²) < 4.78 is 10.6. The van der Waals surface area contributed by atoms with Crippen LogP contribution in [0.3, 0.4) is 0 Å². The number of nitrogens with one attached hydrogen (secondary N) is 1. The average Bonchev–Trinajstić information content (AvgIpc) is 2.91. The maximum absolute atomic E-state index is 5.36. The van der Waals surface area contributed by atoms with E-state index in [1.54, 1.807) is 25.6 Å². The molecule has 0 aliphatic rings. The number of rotatable bonds is 7. The fraction of sp³-hybridized carbons (Fsp3) is 0.438. The minimum absolute atomic E-state index is 0.355. The van der Waals surface area contributed by atoms with Gasteiger partial charge in [-0.1, -0.05) is 6.07 Å². The first-order chi connectivity index (χ1) is 10.2. The Hall–Kier alpha value is -1.59. The van der Waals surface area contributed by atoms with Gasteiger partial charge in [-0.2, -0.15) is 0 Å². The Balaban J connectivity index is 2.07. The molecule has 5 heteroatoms. The first kappa shape index (κ1) is 15.8. The lowest BCUT2D eigenvalue weighted by Gasteiger charge is -2.16. The number of nitrogens with zero attached hydrogens (tertiary/aromatic N) is 1. The summed E-state index contributed by atoms with van der Waals surface area (Å²) >= 11 is 1.72. The van der Waals surface area contributed by atoms with Gasteiger partial charge >= 0.3 is 0 Å². The molecule has 0 saturated heterocycles. The van der Waals surface area contributed by atoms with Crippen molar-refractivity contribution in [2.75, 3.05) is 21.3 Å². The molecule has 4 nitrogen and oxygen atoms in total. The number of hydrogen-bond acceptors (Lipinski definition) is 5. The van der Waals surface area contributed by atoms with Crippen molar-refractivity contribution < 1.29 is 9.47 Å². The summed E-state index contributed by atoms with van der Waals surface area (Å²) in [6, 6.07) is 6.43. The van der Waals surface area contributed by atoms with Crippen molar-refractivity contribution in [2.24, 2.45) is 0 Å². The fourth-order valence-corrected chi connectivity index (χ4v) is 3.13. The number of likely N-dealkylation sites (N-methyl/N-ethyl adjacent to an activating group) is 1. The van der Waals surface area contributed by atoms with Crippen LogP contribution in [0.2, 0.25) is 0 Å². The molecule has 0 aliphatic heterocycles. The van der Waals surface area contributed by atoms with Crippen LogP contribution < -0.4 is 14.8 Å². The Bertz CT molecular complexity index is 583. The maximum Gasteiger partial charge on any atom is 0.160 e. The van der Waals surface area contributed by atoms with Gasteiger partial charge in [-0.25, -0.2) is 4.98 Å². The van der Waals surface area contributed by atoms with Crippen LogP contribution in [-0.2, 0) is 12.8 Å². The molecule has 114 valence electrons. The number of thiazole rings is 1. The van der Waals surface area contributed by atoms with E-state index in [4.69, 9.17) is 9.47 Å². The third kappa shape index (κ3) is 4.19. The maximum atomic E-state index is 5.36. The highest BCUT2D eigenvalue weighted by molar-refractivity contribution is 7.09. The third-order valence-electron chi connectivity index (χ3n) is 3.43. The van der Waals surface area contributed by atoms with Crippen LogP contribution in [0.1, 0.15) is 16.3 Å². The van der Waals surface area contributed by atoms with Gasteiger partial charge in [0, 0.05) is 23.5 Å².